The first kappa shape index (κ1) is 12.9. The number of hydrogen-bond donors (Lipinski definition) is 2. The van der Waals surface area contributed by atoms with Gasteiger partial charge in [0, 0.05) is 25.0 Å². The Morgan fingerprint density at radius 2 is 1.84 bits per heavy atom. The van der Waals surface area contributed by atoms with E-state index in [0.717, 1.165) is 19.3 Å². The molecule has 3 aliphatic rings. The van der Waals surface area contributed by atoms with Crippen LogP contribution < -0.4 is 5.32 Å². The fraction of sp³-hybridized carbons (Fsp3) is 0.857. The molecule has 0 saturated carbocycles. The topological polar surface area (TPSA) is 69.6 Å². The number of carbonyl (C=O) groups excluding carboxylic acids is 1. The molecule has 3 atom stereocenters. The first-order valence-electron chi connectivity index (χ1n) is 7.42. The maximum absolute atomic E-state index is 12.3. The number of carbonyl (C=O) groups is 2. The van der Waals surface area contributed by atoms with Crippen LogP contribution in [0.15, 0.2) is 0 Å². The van der Waals surface area contributed by atoms with E-state index in [0.29, 0.717) is 37.4 Å². The van der Waals surface area contributed by atoms with Crippen molar-refractivity contribution in [1.29, 1.82) is 0 Å². The summed E-state index contributed by atoms with van der Waals surface area (Å²) in [7, 11) is 0. The number of likely N-dealkylation sites (tertiary alicyclic amines) is 1. The predicted octanol–water partition coefficient (Wildman–Crippen LogP) is 0.983. The Balaban J connectivity index is 1.57. The van der Waals surface area contributed by atoms with Crippen molar-refractivity contribution in [3.8, 4) is 0 Å². The first-order valence-corrected chi connectivity index (χ1v) is 7.42. The van der Waals surface area contributed by atoms with Gasteiger partial charge in [-0.3, -0.25) is 4.79 Å². The van der Waals surface area contributed by atoms with Crippen LogP contribution in [0.25, 0.3) is 0 Å². The van der Waals surface area contributed by atoms with Gasteiger partial charge in [-0.05, 0) is 44.4 Å². The van der Waals surface area contributed by atoms with Crippen LogP contribution in [-0.2, 0) is 9.59 Å². The molecule has 3 aliphatic heterocycles. The highest BCUT2D eigenvalue weighted by Crippen LogP contribution is 2.33. The van der Waals surface area contributed by atoms with Gasteiger partial charge >= 0.3 is 5.97 Å². The summed E-state index contributed by atoms with van der Waals surface area (Å²) in [6.45, 7) is 0.619. The summed E-state index contributed by atoms with van der Waals surface area (Å²) in [4.78, 5) is 25.0. The smallest absolute Gasteiger partial charge is 0.326 e. The summed E-state index contributed by atoms with van der Waals surface area (Å²) in [6, 6.07) is 0.599. The van der Waals surface area contributed by atoms with Crippen molar-refractivity contribution in [3.05, 3.63) is 0 Å². The van der Waals surface area contributed by atoms with Crippen LogP contribution >= 0.6 is 0 Å². The zero-order valence-electron chi connectivity index (χ0n) is 11.2. The van der Waals surface area contributed by atoms with E-state index in [-0.39, 0.29) is 5.91 Å². The second-order valence-electron chi connectivity index (χ2n) is 6.26. The lowest BCUT2D eigenvalue weighted by Gasteiger charge is -2.30. The number of hydrogen-bond acceptors (Lipinski definition) is 3. The fourth-order valence-electron chi connectivity index (χ4n) is 4.03. The second-order valence-corrected chi connectivity index (χ2v) is 6.26. The van der Waals surface area contributed by atoms with E-state index in [4.69, 9.17) is 5.11 Å². The standard InChI is InChI=1S/C14H22N2O3/c17-13(16-5-1-2-12(16)14(18)19)8-9-6-10-3-4-11(7-9)15-10/h9-12,15H,1-8H2,(H,18,19). The van der Waals surface area contributed by atoms with Crippen molar-refractivity contribution in [2.75, 3.05) is 6.54 Å². The van der Waals surface area contributed by atoms with Crippen molar-refractivity contribution in [2.45, 2.75) is 63.1 Å². The summed E-state index contributed by atoms with van der Waals surface area (Å²) in [6.07, 6.45) is 6.59. The molecule has 0 spiro atoms. The van der Waals surface area contributed by atoms with Gasteiger partial charge in [0.25, 0.3) is 0 Å². The van der Waals surface area contributed by atoms with Gasteiger partial charge in [-0.1, -0.05) is 0 Å². The fourth-order valence-corrected chi connectivity index (χ4v) is 4.03. The van der Waals surface area contributed by atoms with E-state index in [1.807, 2.05) is 0 Å². The van der Waals surface area contributed by atoms with Crippen LogP contribution in [0.4, 0.5) is 0 Å². The van der Waals surface area contributed by atoms with E-state index in [9.17, 15) is 9.59 Å². The maximum atomic E-state index is 12.3. The highest BCUT2D eigenvalue weighted by atomic mass is 16.4. The minimum atomic E-state index is -0.851. The minimum Gasteiger partial charge on any atom is -0.480 e. The second kappa shape index (κ2) is 5.12. The third kappa shape index (κ3) is 2.61. The lowest BCUT2D eigenvalue weighted by Crippen LogP contribution is -2.43. The van der Waals surface area contributed by atoms with Crippen LogP contribution in [-0.4, -0.2) is 46.6 Å². The highest BCUT2D eigenvalue weighted by molar-refractivity contribution is 5.84. The average Bonchev–Trinajstić information content (AvgIpc) is 2.96. The van der Waals surface area contributed by atoms with Gasteiger partial charge in [-0.25, -0.2) is 4.79 Å². The summed E-state index contributed by atoms with van der Waals surface area (Å²) >= 11 is 0. The van der Waals surface area contributed by atoms with E-state index >= 15 is 0 Å². The predicted molar refractivity (Wildman–Crippen MR) is 69.7 cm³/mol. The molecule has 0 aliphatic carbocycles. The Morgan fingerprint density at radius 1 is 1.16 bits per heavy atom. The molecule has 3 saturated heterocycles. The molecule has 0 aromatic rings. The number of nitrogens with one attached hydrogen (secondary N) is 1. The largest absolute Gasteiger partial charge is 0.480 e. The number of carboxylic acids is 1. The average molecular weight is 266 g/mol. The number of fused-ring (bicyclic) bond motifs is 2. The molecule has 3 rings (SSSR count). The minimum absolute atomic E-state index is 0.0520. The number of piperidine rings is 1. The molecule has 106 valence electrons. The van der Waals surface area contributed by atoms with E-state index in [1.165, 1.54) is 12.8 Å². The number of rotatable bonds is 3. The van der Waals surface area contributed by atoms with Crippen molar-refractivity contribution in [2.24, 2.45) is 5.92 Å². The van der Waals surface area contributed by atoms with Crippen molar-refractivity contribution in [3.63, 3.8) is 0 Å². The quantitative estimate of drug-likeness (QED) is 0.799. The Bertz CT molecular complexity index is 373. The van der Waals surface area contributed by atoms with Gasteiger partial charge in [0.05, 0.1) is 0 Å². The molecule has 19 heavy (non-hydrogen) atoms. The summed E-state index contributed by atoms with van der Waals surface area (Å²) in [5, 5.41) is 12.7. The molecule has 3 fully saturated rings. The van der Waals surface area contributed by atoms with Crippen molar-refractivity contribution < 1.29 is 14.7 Å². The lowest BCUT2D eigenvalue weighted by molar-refractivity contribution is -0.148. The van der Waals surface area contributed by atoms with Gasteiger partial charge in [0.2, 0.25) is 5.91 Å². The van der Waals surface area contributed by atoms with Gasteiger partial charge in [-0.15, -0.1) is 0 Å². The van der Waals surface area contributed by atoms with Gasteiger partial charge in [0.1, 0.15) is 6.04 Å². The highest BCUT2D eigenvalue weighted by Gasteiger charge is 2.38. The number of aliphatic carboxylic acids is 1. The van der Waals surface area contributed by atoms with E-state index < -0.39 is 12.0 Å². The van der Waals surface area contributed by atoms with Gasteiger partial charge in [-0.2, -0.15) is 0 Å². The molecule has 5 heteroatoms. The zero-order chi connectivity index (χ0) is 13.4. The molecule has 3 unspecified atom stereocenters. The SMILES string of the molecule is O=C(O)C1CCCN1C(=O)CC1CC2CCC(C1)N2. The molecule has 0 aromatic heterocycles. The van der Waals surface area contributed by atoms with Gasteiger partial charge < -0.3 is 15.3 Å². The molecule has 2 bridgehead atoms. The zero-order valence-corrected chi connectivity index (χ0v) is 11.2. The summed E-state index contributed by atoms with van der Waals surface area (Å²) in [5.41, 5.74) is 0. The lowest BCUT2D eigenvalue weighted by atomic mass is 9.89. The Morgan fingerprint density at radius 3 is 2.47 bits per heavy atom. The van der Waals surface area contributed by atoms with Crippen LogP contribution in [0.2, 0.25) is 0 Å². The Hall–Kier alpha value is -1.10. The third-order valence-corrected chi connectivity index (χ3v) is 4.89. The number of nitrogens with zero attached hydrogens (tertiary/aromatic N) is 1. The molecule has 3 heterocycles. The van der Waals surface area contributed by atoms with Crippen molar-refractivity contribution >= 4 is 11.9 Å². The normalized spacial score (nSPS) is 37.6. The molecular formula is C14H22N2O3. The van der Waals surface area contributed by atoms with Crippen LogP contribution in [0.1, 0.15) is 44.9 Å². The summed E-state index contributed by atoms with van der Waals surface area (Å²) < 4.78 is 0. The third-order valence-electron chi connectivity index (χ3n) is 4.89. The Kier molecular flexibility index (Phi) is 3.48. The maximum Gasteiger partial charge on any atom is 0.326 e. The molecule has 0 radical (unpaired) electrons. The molecule has 1 amide bonds. The number of carboxylic acid groups (broad SMARTS) is 1. The summed E-state index contributed by atoms with van der Waals surface area (Å²) in [5.74, 6) is -0.353. The van der Waals surface area contributed by atoms with Crippen LogP contribution in [0.5, 0.6) is 0 Å². The number of amides is 1. The van der Waals surface area contributed by atoms with Crippen LogP contribution in [0.3, 0.4) is 0 Å². The van der Waals surface area contributed by atoms with Gasteiger partial charge in [0.15, 0.2) is 0 Å². The van der Waals surface area contributed by atoms with Crippen LogP contribution in [0, 0.1) is 5.92 Å². The molecule has 5 nitrogen and oxygen atoms in total. The molecule has 0 aromatic carbocycles. The Labute approximate surface area is 113 Å². The molecule has 2 N–H and O–H groups in total. The van der Waals surface area contributed by atoms with E-state index in [2.05, 4.69) is 5.32 Å². The van der Waals surface area contributed by atoms with Crippen molar-refractivity contribution in [1.82, 2.24) is 10.2 Å². The molecular weight excluding hydrogens is 244 g/mol. The monoisotopic (exact) mass is 266 g/mol. The van der Waals surface area contributed by atoms with E-state index in [1.54, 1.807) is 4.90 Å². The first-order chi connectivity index (χ1) is 9.13.